The number of aromatic nitrogens is 2. The lowest BCUT2D eigenvalue weighted by Crippen LogP contribution is -2.44. The number of nitrogens with zero attached hydrogens (tertiary/aromatic N) is 2. The number of nitrogens with two attached hydrogens (primary N) is 1. The molecule has 3 N–H and O–H groups in total. The van der Waals surface area contributed by atoms with Gasteiger partial charge in [-0.3, -0.25) is 4.79 Å². The van der Waals surface area contributed by atoms with E-state index in [1.807, 2.05) is 0 Å². The summed E-state index contributed by atoms with van der Waals surface area (Å²) in [4.78, 5) is 12.3. The standard InChI is InChI=1S/C15H14Cl2N4O2/c16-10-4-3-9-12(7-23-14(9)13(10)17)20-15(22)11(18)6-8-2-1-5-19-21-8/h1-5,11-12H,6-7,18H2,(H,20,22). The Morgan fingerprint density at radius 2 is 2.26 bits per heavy atom. The molecule has 23 heavy (non-hydrogen) atoms. The number of rotatable bonds is 4. The second kappa shape index (κ2) is 6.70. The van der Waals surface area contributed by atoms with Gasteiger partial charge < -0.3 is 15.8 Å². The van der Waals surface area contributed by atoms with Crippen LogP contribution in [0.3, 0.4) is 0 Å². The minimum absolute atomic E-state index is 0.289. The van der Waals surface area contributed by atoms with E-state index >= 15 is 0 Å². The first-order chi connectivity index (χ1) is 11.1. The van der Waals surface area contributed by atoms with E-state index in [0.717, 1.165) is 5.56 Å². The second-order valence-corrected chi connectivity index (χ2v) is 5.96. The molecule has 1 aromatic heterocycles. The third-order valence-corrected chi connectivity index (χ3v) is 4.35. The summed E-state index contributed by atoms with van der Waals surface area (Å²) in [5, 5.41) is 11.3. The Kier molecular flexibility index (Phi) is 4.66. The van der Waals surface area contributed by atoms with Crippen LogP contribution in [0.5, 0.6) is 5.75 Å². The number of hydrogen-bond acceptors (Lipinski definition) is 5. The normalized spacial score (nSPS) is 17.3. The molecule has 120 valence electrons. The highest BCUT2D eigenvalue weighted by molar-refractivity contribution is 6.43. The summed E-state index contributed by atoms with van der Waals surface area (Å²) >= 11 is 12.1. The Bertz CT molecular complexity index is 727. The first kappa shape index (κ1) is 16.0. The predicted molar refractivity (Wildman–Crippen MR) is 86.6 cm³/mol. The molecule has 0 saturated carbocycles. The molecule has 1 amide bonds. The number of halogens is 2. The summed E-state index contributed by atoms with van der Waals surface area (Å²) in [5.74, 6) is 0.218. The molecule has 0 saturated heterocycles. The first-order valence-electron chi connectivity index (χ1n) is 6.99. The van der Waals surface area contributed by atoms with Crippen LogP contribution in [0, 0.1) is 0 Å². The molecule has 2 heterocycles. The van der Waals surface area contributed by atoms with Crippen LogP contribution < -0.4 is 15.8 Å². The number of carbonyl (C=O) groups excluding carboxylic acids is 1. The Hall–Kier alpha value is -1.89. The van der Waals surface area contributed by atoms with Gasteiger partial charge >= 0.3 is 0 Å². The highest BCUT2D eigenvalue weighted by Gasteiger charge is 2.29. The average Bonchev–Trinajstić information content (AvgIpc) is 2.95. The van der Waals surface area contributed by atoms with E-state index < -0.39 is 6.04 Å². The van der Waals surface area contributed by atoms with Gasteiger partial charge in [-0.15, -0.1) is 0 Å². The minimum Gasteiger partial charge on any atom is -0.489 e. The van der Waals surface area contributed by atoms with E-state index in [1.54, 1.807) is 30.5 Å². The van der Waals surface area contributed by atoms with Crippen molar-refractivity contribution in [3.05, 3.63) is 51.8 Å². The molecule has 8 heteroatoms. The van der Waals surface area contributed by atoms with Gasteiger partial charge in [0.05, 0.1) is 22.8 Å². The van der Waals surface area contributed by atoms with Crippen LogP contribution in [0.1, 0.15) is 17.3 Å². The predicted octanol–water partition coefficient (Wildman–Crippen LogP) is 1.90. The van der Waals surface area contributed by atoms with Crippen molar-refractivity contribution in [2.75, 3.05) is 6.61 Å². The highest BCUT2D eigenvalue weighted by atomic mass is 35.5. The van der Waals surface area contributed by atoms with Crippen molar-refractivity contribution in [2.24, 2.45) is 5.73 Å². The smallest absolute Gasteiger partial charge is 0.237 e. The van der Waals surface area contributed by atoms with Crippen LogP contribution in [0.4, 0.5) is 0 Å². The molecule has 0 fully saturated rings. The van der Waals surface area contributed by atoms with Gasteiger partial charge in [0.25, 0.3) is 0 Å². The van der Waals surface area contributed by atoms with Gasteiger partial charge in [-0.2, -0.15) is 10.2 Å². The van der Waals surface area contributed by atoms with Crippen molar-refractivity contribution in [3.63, 3.8) is 0 Å². The highest BCUT2D eigenvalue weighted by Crippen LogP contribution is 2.42. The summed E-state index contributed by atoms with van der Waals surface area (Å²) in [7, 11) is 0. The van der Waals surface area contributed by atoms with Crippen molar-refractivity contribution < 1.29 is 9.53 Å². The fraction of sp³-hybridized carbons (Fsp3) is 0.267. The number of fused-ring (bicyclic) bond motifs is 1. The number of amides is 1. The number of hydrogen-bond donors (Lipinski definition) is 2. The van der Waals surface area contributed by atoms with Crippen LogP contribution in [0.2, 0.25) is 10.0 Å². The Balaban J connectivity index is 1.67. The lowest BCUT2D eigenvalue weighted by Gasteiger charge is -2.16. The topological polar surface area (TPSA) is 90.1 Å². The zero-order valence-electron chi connectivity index (χ0n) is 12.0. The molecule has 3 rings (SSSR count). The van der Waals surface area contributed by atoms with Crippen molar-refractivity contribution >= 4 is 29.1 Å². The largest absolute Gasteiger partial charge is 0.489 e. The monoisotopic (exact) mass is 352 g/mol. The van der Waals surface area contributed by atoms with Gasteiger partial charge in [-0.1, -0.05) is 29.3 Å². The van der Waals surface area contributed by atoms with Crippen LogP contribution in [-0.2, 0) is 11.2 Å². The lowest BCUT2D eigenvalue weighted by atomic mass is 10.1. The van der Waals surface area contributed by atoms with Gasteiger partial charge in [-0.25, -0.2) is 0 Å². The minimum atomic E-state index is -0.724. The maximum absolute atomic E-state index is 12.3. The van der Waals surface area contributed by atoms with Crippen LogP contribution in [-0.4, -0.2) is 28.8 Å². The number of benzene rings is 1. The van der Waals surface area contributed by atoms with Crippen molar-refractivity contribution in [1.82, 2.24) is 15.5 Å². The SMILES string of the molecule is NC(Cc1cccnn1)C(=O)NC1COc2c1ccc(Cl)c2Cl. The van der Waals surface area contributed by atoms with Crippen molar-refractivity contribution in [3.8, 4) is 5.75 Å². The van der Waals surface area contributed by atoms with Crippen molar-refractivity contribution in [2.45, 2.75) is 18.5 Å². The van der Waals surface area contributed by atoms with E-state index in [2.05, 4.69) is 15.5 Å². The molecule has 1 aromatic carbocycles. The zero-order valence-corrected chi connectivity index (χ0v) is 13.5. The van der Waals surface area contributed by atoms with Gasteiger partial charge in [0.1, 0.15) is 17.4 Å². The molecule has 1 aliphatic heterocycles. The molecule has 1 aliphatic rings. The summed E-state index contributed by atoms with van der Waals surface area (Å²) in [6.45, 7) is 0.291. The van der Waals surface area contributed by atoms with Crippen molar-refractivity contribution in [1.29, 1.82) is 0 Å². The van der Waals surface area contributed by atoms with Gasteiger partial charge in [0, 0.05) is 18.2 Å². The summed E-state index contributed by atoms with van der Waals surface area (Å²) in [6.07, 6.45) is 1.87. The molecular weight excluding hydrogens is 339 g/mol. The molecule has 0 spiro atoms. The third kappa shape index (κ3) is 3.39. The lowest BCUT2D eigenvalue weighted by molar-refractivity contribution is -0.123. The fourth-order valence-corrected chi connectivity index (χ4v) is 2.76. The van der Waals surface area contributed by atoms with Crippen LogP contribution in [0.15, 0.2) is 30.5 Å². The number of carbonyl (C=O) groups is 1. The van der Waals surface area contributed by atoms with E-state index in [9.17, 15) is 4.79 Å². The molecule has 0 radical (unpaired) electrons. The Morgan fingerprint density at radius 3 is 3.00 bits per heavy atom. The second-order valence-electron chi connectivity index (χ2n) is 5.18. The Labute approximate surface area is 142 Å². The van der Waals surface area contributed by atoms with Gasteiger partial charge in [0.2, 0.25) is 5.91 Å². The summed E-state index contributed by atoms with van der Waals surface area (Å²) in [6, 6.07) is 5.96. The number of ether oxygens (including phenoxy) is 1. The van der Waals surface area contributed by atoms with E-state index in [-0.39, 0.29) is 11.9 Å². The molecule has 6 nitrogen and oxygen atoms in total. The number of nitrogens with one attached hydrogen (secondary N) is 1. The fourth-order valence-electron chi connectivity index (χ4n) is 2.38. The molecule has 2 unspecified atom stereocenters. The first-order valence-corrected chi connectivity index (χ1v) is 7.75. The van der Waals surface area contributed by atoms with E-state index in [4.69, 9.17) is 33.7 Å². The maximum Gasteiger partial charge on any atom is 0.237 e. The Morgan fingerprint density at radius 1 is 1.43 bits per heavy atom. The van der Waals surface area contributed by atoms with Crippen LogP contribution >= 0.6 is 23.2 Å². The quantitative estimate of drug-likeness (QED) is 0.876. The van der Waals surface area contributed by atoms with E-state index in [0.29, 0.717) is 34.5 Å². The maximum atomic E-state index is 12.3. The van der Waals surface area contributed by atoms with Crippen LogP contribution in [0.25, 0.3) is 0 Å². The van der Waals surface area contributed by atoms with E-state index in [1.165, 1.54) is 0 Å². The molecule has 0 bridgehead atoms. The zero-order chi connectivity index (χ0) is 16.4. The molecule has 2 atom stereocenters. The third-order valence-electron chi connectivity index (χ3n) is 3.56. The molecule has 2 aromatic rings. The van der Waals surface area contributed by atoms with Gasteiger partial charge in [0.15, 0.2) is 0 Å². The average molecular weight is 353 g/mol. The molecular formula is C15H14Cl2N4O2. The molecule has 0 aliphatic carbocycles. The summed E-state index contributed by atoms with van der Waals surface area (Å²) in [5.41, 5.74) is 7.38. The summed E-state index contributed by atoms with van der Waals surface area (Å²) < 4.78 is 5.53. The van der Waals surface area contributed by atoms with Gasteiger partial charge in [-0.05, 0) is 18.2 Å².